The summed E-state index contributed by atoms with van der Waals surface area (Å²) < 4.78 is 5.99. The number of carboxylic acid groups (broad SMARTS) is 1. The molecule has 0 bridgehead atoms. The number of aryl methyl sites for hydroxylation is 1. The topological polar surface area (TPSA) is 63.3 Å². The molecule has 0 fully saturated rings. The fraction of sp³-hybridized carbons (Fsp3) is 0.167. The molecule has 18 heavy (non-hydrogen) atoms. The molecule has 0 aliphatic carbocycles. The Morgan fingerprint density at radius 1 is 1.56 bits per heavy atom. The summed E-state index contributed by atoms with van der Waals surface area (Å²) in [5.41, 5.74) is 1.10. The molecule has 1 aromatic carbocycles. The third kappa shape index (κ3) is 2.42. The molecule has 0 saturated heterocycles. The zero-order valence-corrected chi connectivity index (χ0v) is 11.7. The Morgan fingerprint density at radius 3 is 2.78 bits per heavy atom. The van der Waals surface area contributed by atoms with Gasteiger partial charge in [-0.15, -0.1) is 0 Å². The number of halogens is 2. The predicted octanol–water partition coefficient (Wildman–Crippen LogP) is 4.02. The molecule has 4 nitrogen and oxygen atoms in total. The summed E-state index contributed by atoms with van der Waals surface area (Å²) in [5, 5.41) is 9.58. The van der Waals surface area contributed by atoms with Crippen LogP contribution in [0.25, 0.3) is 11.5 Å². The SMILES string of the molecule is CCc1nc(-c2ccc(Cl)cc2Br)oc1C(=O)O. The first-order chi connectivity index (χ1) is 8.52. The van der Waals surface area contributed by atoms with Crippen LogP contribution in [-0.4, -0.2) is 16.1 Å². The van der Waals surface area contributed by atoms with Crippen molar-refractivity contribution in [3.63, 3.8) is 0 Å². The molecule has 1 N–H and O–H groups in total. The molecule has 94 valence electrons. The molecule has 1 aromatic heterocycles. The minimum atomic E-state index is -1.12. The standard InChI is InChI=1S/C12H9BrClNO3/c1-2-9-10(12(16)17)18-11(15-9)7-4-3-6(14)5-8(7)13/h3-5H,2H2,1H3,(H,16,17). The van der Waals surface area contributed by atoms with E-state index in [1.54, 1.807) is 18.2 Å². The maximum Gasteiger partial charge on any atom is 0.373 e. The molecule has 0 amide bonds. The van der Waals surface area contributed by atoms with Gasteiger partial charge in [-0.2, -0.15) is 0 Å². The van der Waals surface area contributed by atoms with Crippen molar-refractivity contribution in [3.8, 4) is 11.5 Å². The molecule has 2 rings (SSSR count). The average Bonchev–Trinajstić information content (AvgIpc) is 2.73. The molecule has 0 unspecified atom stereocenters. The van der Waals surface area contributed by atoms with E-state index in [2.05, 4.69) is 20.9 Å². The van der Waals surface area contributed by atoms with Gasteiger partial charge in [0.25, 0.3) is 0 Å². The van der Waals surface area contributed by atoms with E-state index >= 15 is 0 Å². The number of hydrogen-bond donors (Lipinski definition) is 1. The van der Waals surface area contributed by atoms with Crippen molar-refractivity contribution < 1.29 is 14.3 Å². The fourth-order valence-corrected chi connectivity index (χ4v) is 2.39. The van der Waals surface area contributed by atoms with Crippen LogP contribution in [0.5, 0.6) is 0 Å². The molecule has 1 heterocycles. The van der Waals surface area contributed by atoms with Crippen LogP contribution in [0.2, 0.25) is 5.02 Å². The Morgan fingerprint density at radius 2 is 2.28 bits per heavy atom. The smallest absolute Gasteiger partial charge is 0.373 e. The number of carboxylic acids is 1. The van der Waals surface area contributed by atoms with Crippen LogP contribution in [0.3, 0.4) is 0 Å². The Hall–Kier alpha value is -1.33. The van der Waals surface area contributed by atoms with Crippen LogP contribution < -0.4 is 0 Å². The van der Waals surface area contributed by atoms with E-state index in [4.69, 9.17) is 21.1 Å². The number of aromatic nitrogens is 1. The lowest BCUT2D eigenvalue weighted by Crippen LogP contribution is -1.98. The van der Waals surface area contributed by atoms with Crippen molar-refractivity contribution in [2.24, 2.45) is 0 Å². The first kappa shape index (κ1) is 13.1. The monoisotopic (exact) mass is 329 g/mol. The Labute approximate surface area is 117 Å². The van der Waals surface area contributed by atoms with E-state index in [0.29, 0.717) is 27.2 Å². The van der Waals surface area contributed by atoms with Gasteiger partial charge in [-0.05, 0) is 40.5 Å². The zero-order chi connectivity index (χ0) is 13.3. The maximum absolute atomic E-state index is 11.0. The number of carbonyl (C=O) groups is 1. The minimum Gasteiger partial charge on any atom is -0.475 e. The molecule has 6 heteroatoms. The van der Waals surface area contributed by atoms with Gasteiger partial charge in [-0.3, -0.25) is 0 Å². The molecule has 0 spiro atoms. The van der Waals surface area contributed by atoms with Crippen molar-refractivity contribution in [2.75, 3.05) is 0 Å². The number of nitrogens with zero attached hydrogens (tertiary/aromatic N) is 1. The van der Waals surface area contributed by atoms with Crippen molar-refractivity contribution in [2.45, 2.75) is 13.3 Å². The lowest BCUT2D eigenvalue weighted by atomic mass is 10.2. The van der Waals surface area contributed by atoms with Crippen LogP contribution in [-0.2, 0) is 6.42 Å². The van der Waals surface area contributed by atoms with E-state index < -0.39 is 5.97 Å². The highest BCUT2D eigenvalue weighted by Crippen LogP contribution is 2.31. The highest BCUT2D eigenvalue weighted by molar-refractivity contribution is 9.10. The van der Waals surface area contributed by atoms with Crippen molar-refractivity contribution >= 4 is 33.5 Å². The second kappa shape index (κ2) is 5.12. The van der Waals surface area contributed by atoms with Gasteiger partial charge in [0.05, 0.1) is 11.3 Å². The van der Waals surface area contributed by atoms with Crippen LogP contribution in [0.1, 0.15) is 23.2 Å². The Kier molecular flexibility index (Phi) is 3.73. The maximum atomic E-state index is 11.0. The Bertz CT molecular complexity index is 609. The average molecular weight is 331 g/mol. The van der Waals surface area contributed by atoms with Crippen LogP contribution >= 0.6 is 27.5 Å². The molecular formula is C12H9BrClNO3. The van der Waals surface area contributed by atoms with Crippen molar-refractivity contribution in [1.29, 1.82) is 0 Å². The van der Waals surface area contributed by atoms with E-state index in [-0.39, 0.29) is 11.7 Å². The van der Waals surface area contributed by atoms with Gasteiger partial charge in [0.15, 0.2) is 0 Å². The summed E-state index contributed by atoms with van der Waals surface area (Å²) in [6.07, 6.45) is 0.496. The molecule has 0 aliphatic rings. The van der Waals surface area contributed by atoms with Gasteiger partial charge in [-0.1, -0.05) is 18.5 Å². The largest absolute Gasteiger partial charge is 0.475 e. The second-order valence-electron chi connectivity index (χ2n) is 3.58. The summed E-state index contributed by atoms with van der Waals surface area (Å²) in [7, 11) is 0. The summed E-state index contributed by atoms with van der Waals surface area (Å²) in [6.45, 7) is 1.82. The third-order valence-corrected chi connectivity index (χ3v) is 3.28. The predicted molar refractivity (Wildman–Crippen MR) is 71.0 cm³/mol. The molecule has 0 saturated carbocycles. The van der Waals surface area contributed by atoms with Gasteiger partial charge >= 0.3 is 5.97 Å². The van der Waals surface area contributed by atoms with E-state index in [0.717, 1.165) is 0 Å². The highest BCUT2D eigenvalue weighted by atomic mass is 79.9. The van der Waals surface area contributed by atoms with Crippen molar-refractivity contribution in [1.82, 2.24) is 4.98 Å². The van der Waals surface area contributed by atoms with Gasteiger partial charge in [0, 0.05) is 9.50 Å². The van der Waals surface area contributed by atoms with Crippen LogP contribution in [0.15, 0.2) is 27.1 Å². The number of oxazole rings is 1. The van der Waals surface area contributed by atoms with Crippen LogP contribution in [0, 0.1) is 0 Å². The number of hydrogen-bond acceptors (Lipinski definition) is 3. The summed E-state index contributed by atoms with van der Waals surface area (Å²) in [5.74, 6) is -0.960. The third-order valence-electron chi connectivity index (χ3n) is 2.39. The second-order valence-corrected chi connectivity index (χ2v) is 4.87. The lowest BCUT2D eigenvalue weighted by molar-refractivity contribution is 0.0662. The molecular weight excluding hydrogens is 321 g/mol. The molecule has 0 aliphatic heterocycles. The number of benzene rings is 1. The van der Waals surface area contributed by atoms with Crippen LogP contribution in [0.4, 0.5) is 0 Å². The lowest BCUT2D eigenvalue weighted by Gasteiger charge is -1.99. The zero-order valence-electron chi connectivity index (χ0n) is 9.41. The Balaban J connectivity index is 2.54. The van der Waals surface area contributed by atoms with Gasteiger partial charge < -0.3 is 9.52 Å². The molecule has 0 radical (unpaired) electrons. The van der Waals surface area contributed by atoms with Crippen molar-refractivity contribution in [3.05, 3.63) is 39.1 Å². The van der Waals surface area contributed by atoms with E-state index in [1.807, 2.05) is 6.92 Å². The summed E-state index contributed by atoms with van der Waals surface area (Å²) in [4.78, 5) is 15.2. The molecule has 2 aromatic rings. The van der Waals surface area contributed by atoms with E-state index in [9.17, 15) is 4.79 Å². The summed E-state index contributed by atoms with van der Waals surface area (Å²) >= 11 is 9.19. The first-order valence-corrected chi connectivity index (χ1v) is 6.38. The quantitative estimate of drug-likeness (QED) is 0.923. The number of rotatable bonds is 3. The fourth-order valence-electron chi connectivity index (χ4n) is 1.54. The number of aromatic carboxylic acids is 1. The normalized spacial score (nSPS) is 10.6. The molecule has 0 atom stereocenters. The summed E-state index contributed by atoms with van der Waals surface area (Å²) in [6, 6.07) is 5.12. The van der Waals surface area contributed by atoms with Gasteiger partial charge in [-0.25, -0.2) is 9.78 Å². The first-order valence-electron chi connectivity index (χ1n) is 5.21. The van der Waals surface area contributed by atoms with E-state index in [1.165, 1.54) is 0 Å². The van der Waals surface area contributed by atoms with Gasteiger partial charge in [0.2, 0.25) is 11.7 Å². The highest BCUT2D eigenvalue weighted by Gasteiger charge is 2.20. The minimum absolute atomic E-state index is 0.116. The van der Waals surface area contributed by atoms with Gasteiger partial charge in [0.1, 0.15) is 0 Å².